The van der Waals surface area contributed by atoms with Gasteiger partial charge in [-0.1, -0.05) is 13.8 Å². The first-order valence-corrected chi connectivity index (χ1v) is 11.1. The number of pyridine rings is 1. The minimum absolute atomic E-state index is 0.0745. The van der Waals surface area contributed by atoms with Crippen LogP contribution < -0.4 is 5.32 Å². The quantitative estimate of drug-likeness (QED) is 0.464. The number of amides is 2. The number of aromatic amines is 1. The highest BCUT2D eigenvalue weighted by molar-refractivity contribution is 6.16. The van der Waals surface area contributed by atoms with Crippen LogP contribution in [0.1, 0.15) is 52.2 Å². The van der Waals surface area contributed by atoms with E-state index in [9.17, 15) is 9.59 Å². The smallest absolute Gasteiger partial charge is 0.255 e. The van der Waals surface area contributed by atoms with E-state index in [0.29, 0.717) is 36.3 Å². The Morgan fingerprint density at radius 2 is 2.09 bits per heavy atom. The molecule has 0 radical (unpaired) electrons. The summed E-state index contributed by atoms with van der Waals surface area (Å²) in [5, 5.41) is 20.2. The van der Waals surface area contributed by atoms with Crippen molar-refractivity contribution in [2.75, 3.05) is 13.1 Å². The Labute approximate surface area is 191 Å². The van der Waals surface area contributed by atoms with Gasteiger partial charge >= 0.3 is 0 Å². The summed E-state index contributed by atoms with van der Waals surface area (Å²) in [5.41, 5.74) is 3.72. The van der Waals surface area contributed by atoms with Crippen molar-refractivity contribution in [1.29, 1.82) is 10.8 Å². The Kier molecular flexibility index (Phi) is 4.88. The molecule has 1 aliphatic heterocycles. The molecule has 5 rings (SSSR count). The molecule has 3 heterocycles. The second-order valence-electron chi connectivity index (χ2n) is 9.37. The second kappa shape index (κ2) is 7.65. The largest absolute Gasteiger partial charge is 0.353 e. The van der Waals surface area contributed by atoms with E-state index in [-0.39, 0.29) is 23.8 Å². The van der Waals surface area contributed by atoms with E-state index in [1.165, 1.54) is 6.21 Å². The third-order valence-electron chi connectivity index (χ3n) is 6.95. The number of hydrogen-bond donors (Lipinski definition) is 4. The Bertz CT molecular complexity index is 1290. The highest BCUT2D eigenvalue weighted by atomic mass is 16.2. The average Bonchev–Trinajstić information content (AvgIpc) is 3.47. The molecule has 8 nitrogen and oxygen atoms in total. The lowest BCUT2D eigenvalue weighted by Crippen LogP contribution is -2.38. The molecule has 1 saturated heterocycles. The summed E-state index contributed by atoms with van der Waals surface area (Å²) in [6.07, 6.45) is 5.22. The van der Waals surface area contributed by atoms with E-state index in [4.69, 9.17) is 10.8 Å². The summed E-state index contributed by atoms with van der Waals surface area (Å²) >= 11 is 0. The molecule has 3 aromatic rings. The number of rotatable bonds is 4. The van der Waals surface area contributed by atoms with Gasteiger partial charge in [0.2, 0.25) is 0 Å². The van der Waals surface area contributed by atoms with Gasteiger partial charge in [0.05, 0.1) is 17.0 Å². The molecule has 1 aliphatic carbocycles. The molecule has 0 saturated carbocycles. The van der Waals surface area contributed by atoms with E-state index < -0.39 is 5.41 Å². The molecule has 0 bridgehead atoms. The van der Waals surface area contributed by atoms with Crippen LogP contribution in [0.15, 0.2) is 42.7 Å². The minimum Gasteiger partial charge on any atom is -0.353 e. The van der Waals surface area contributed by atoms with Crippen molar-refractivity contribution in [3.05, 3.63) is 65.1 Å². The molecule has 2 aromatic heterocycles. The molecule has 8 heteroatoms. The zero-order chi connectivity index (χ0) is 23.3. The van der Waals surface area contributed by atoms with Crippen LogP contribution in [0.25, 0.3) is 10.9 Å². The number of H-pyrrole nitrogens is 1. The molecular weight excluding hydrogens is 416 g/mol. The van der Waals surface area contributed by atoms with Gasteiger partial charge in [0.1, 0.15) is 0 Å². The molecule has 1 aromatic carbocycles. The first-order valence-electron chi connectivity index (χ1n) is 11.1. The van der Waals surface area contributed by atoms with Crippen molar-refractivity contribution in [3.63, 3.8) is 0 Å². The fourth-order valence-corrected chi connectivity index (χ4v) is 5.17. The Morgan fingerprint density at radius 3 is 2.82 bits per heavy atom. The van der Waals surface area contributed by atoms with Gasteiger partial charge in [-0.15, -0.1) is 0 Å². The molecule has 1 fully saturated rings. The van der Waals surface area contributed by atoms with Crippen LogP contribution in [0.3, 0.4) is 0 Å². The number of carbonyl (C=O) groups excluding carboxylic acids is 2. The van der Waals surface area contributed by atoms with E-state index in [0.717, 1.165) is 22.2 Å². The summed E-state index contributed by atoms with van der Waals surface area (Å²) in [4.78, 5) is 34.8. The maximum atomic E-state index is 13.0. The van der Waals surface area contributed by atoms with Crippen LogP contribution >= 0.6 is 0 Å². The number of nitrogens with one attached hydrogen (secondary N) is 4. The molecule has 2 unspecified atom stereocenters. The number of benzene rings is 1. The van der Waals surface area contributed by atoms with Crippen LogP contribution in [0, 0.1) is 16.7 Å². The zero-order valence-corrected chi connectivity index (χ0v) is 18.6. The molecule has 4 N–H and O–H groups in total. The summed E-state index contributed by atoms with van der Waals surface area (Å²) < 4.78 is 0. The van der Waals surface area contributed by atoms with E-state index >= 15 is 0 Å². The highest BCUT2D eigenvalue weighted by Crippen LogP contribution is 2.45. The highest BCUT2D eigenvalue weighted by Gasteiger charge is 2.45. The molecule has 33 heavy (non-hydrogen) atoms. The van der Waals surface area contributed by atoms with Crippen molar-refractivity contribution in [1.82, 2.24) is 20.2 Å². The van der Waals surface area contributed by atoms with Crippen molar-refractivity contribution in [2.45, 2.75) is 31.7 Å². The Hall–Kier alpha value is -3.81. The molecule has 2 aliphatic rings. The van der Waals surface area contributed by atoms with Crippen LogP contribution in [0.5, 0.6) is 0 Å². The van der Waals surface area contributed by atoms with Crippen molar-refractivity contribution < 1.29 is 9.59 Å². The predicted octanol–water partition coefficient (Wildman–Crippen LogP) is 3.13. The Morgan fingerprint density at radius 1 is 1.27 bits per heavy atom. The molecule has 2 amide bonds. The Balaban J connectivity index is 1.35. The minimum atomic E-state index is -0.403. The predicted molar refractivity (Wildman–Crippen MR) is 126 cm³/mol. The SMILES string of the molecule is CC1(C)c2c([nH]c3ccc(C(=O)NC4CCN(C(=O)c5cccnc5)C4)cc23)C(=N)C1C=N. The van der Waals surface area contributed by atoms with E-state index in [1.807, 2.05) is 26.0 Å². The van der Waals surface area contributed by atoms with Gasteiger partial charge in [0.25, 0.3) is 11.8 Å². The fourth-order valence-electron chi connectivity index (χ4n) is 5.17. The number of likely N-dealkylation sites (tertiary alicyclic amines) is 1. The molecule has 2 atom stereocenters. The number of carbonyl (C=O) groups is 2. The zero-order valence-electron chi connectivity index (χ0n) is 18.6. The third kappa shape index (κ3) is 3.33. The first kappa shape index (κ1) is 21.1. The molecular formula is C25H26N6O2. The maximum Gasteiger partial charge on any atom is 0.255 e. The van der Waals surface area contributed by atoms with Gasteiger partial charge in [0, 0.05) is 65.5 Å². The third-order valence-corrected chi connectivity index (χ3v) is 6.95. The normalized spacial score (nSPS) is 21.3. The van der Waals surface area contributed by atoms with Gasteiger partial charge in [-0.3, -0.25) is 14.6 Å². The maximum absolute atomic E-state index is 13.0. The van der Waals surface area contributed by atoms with Crippen LogP contribution in [-0.4, -0.2) is 57.7 Å². The van der Waals surface area contributed by atoms with Gasteiger partial charge in [-0.05, 0) is 42.3 Å². The number of fused-ring (bicyclic) bond motifs is 3. The monoisotopic (exact) mass is 442 g/mol. The summed E-state index contributed by atoms with van der Waals surface area (Å²) in [6.45, 7) is 5.13. The van der Waals surface area contributed by atoms with E-state index in [2.05, 4.69) is 15.3 Å². The number of aromatic nitrogens is 2. The van der Waals surface area contributed by atoms with Gasteiger partial charge in [-0.25, -0.2) is 0 Å². The lowest BCUT2D eigenvalue weighted by atomic mass is 9.78. The van der Waals surface area contributed by atoms with Crippen LogP contribution in [0.4, 0.5) is 0 Å². The summed E-state index contributed by atoms with van der Waals surface area (Å²) in [7, 11) is 0. The van der Waals surface area contributed by atoms with E-state index in [1.54, 1.807) is 35.5 Å². The van der Waals surface area contributed by atoms with Crippen molar-refractivity contribution >= 4 is 34.6 Å². The van der Waals surface area contributed by atoms with Crippen molar-refractivity contribution in [3.8, 4) is 0 Å². The molecule has 168 valence electrons. The number of hydrogen-bond acceptors (Lipinski definition) is 5. The van der Waals surface area contributed by atoms with Crippen LogP contribution in [-0.2, 0) is 5.41 Å². The van der Waals surface area contributed by atoms with Crippen molar-refractivity contribution in [2.24, 2.45) is 5.92 Å². The standard InChI is InChI=1S/C25H26N6O2/c1-25(2)18(11-26)21(27)22-20(25)17-10-14(5-6-19(17)30-22)23(32)29-16-7-9-31(13-16)24(33)15-4-3-8-28-12-15/h3-6,8,10-12,16,18,26-27,30H,7,9,13H2,1-2H3,(H,29,32). The first-order chi connectivity index (χ1) is 15.8. The lowest BCUT2D eigenvalue weighted by molar-refractivity contribution is 0.0782. The molecule has 0 spiro atoms. The number of nitrogens with zero attached hydrogens (tertiary/aromatic N) is 2. The van der Waals surface area contributed by atoms with Gasteiger partial charge in [-0.2, -0.15) is 0 Å². The second-order valence-corrected chi connectivity index (χ2v) is 9.37. The van der Waals surface area contributed by atoms with Gasteiger partial charge < -0.3 is 26.0 Å². The summed E-state index contributed by atoms with van der Waals surface area (Å²) in [6, 6.07) is 8.89. The summed E-state index contributed by atoms with van der Waals surface area (Å²) in [5.74, 6) is -0.543. The average molecular weight is 443 g/mol. The van der Waals surface area contributed by atoms with Crippen LogP contribution in [0.2, 0.25) is 0 Å². The lowest BCUT2D eigenvalue weighted by Gasteiger charge is -2.24. The fraction of sp³-hybridized carbons (Fsp3) is 0.320. The topological polar surface area (TPSA) is 126 Å². The van der Waals surface area contributed by atoms with Gasteiger partial charge in [0.15, 0.2) is 0 Å².